The van der Waals surface area contributed by atoms with Gasteiger partial charge in [-0.2, -0.15) is 0 Å². The van der Waals surface area contributed by atoms with Crippen LogP contribution in [0.3, 0.4) is 0 Å². The predicted molar refractivity (Wildman–Crippen MR) is 107 cm³/mol. The third-order valence-electron chi connectivity index (χ3n) is 4.06. The SMILES string of the molecule is O=C(Cn1c(=O)ccn(Cc2ccccc2)c1=O)Nc1ccc(Cl)c([N+](=O)[O-])c1. The van der Waals surface area contributed by atoms with Crippen molar-refractivity contribution in [2.45, 2.75) is 13.1 Å². The number of carbonyl (C=O) groups excluding carboxylic acids is 1. The van der Waals surface area contributed by atoms with Crippen LogP contribution in [0, 0.1) is 10.1 Å². The van der Waals surface area contributed by atoms with Gasteiger partial charge in [-0.3, -0.25) is 28.8 Å². The van der Waals surface area contributed by atoms with Crippen molar-refractivity contribution in [3.8, 4) is 0 Å². The van der Waals surface area contributed by atoms with Crippen LogP contribution in [0.2, 0.25) is 5.02 Å². The van der Waals surface area contributed by atoms with Gasteiger partial charge in [-0.05, 0) is 17.7 Å². The highest BCUT2D eigenvalue weighted by Crippen LogP contribution is 2.27. The van der Waals surface area contributed by atoms with Crippen molar-refractivity contribution in [1.29, 1.82) is 0 Å². The molecular weight excluding hydrogens is 400 g/mol. The Bertz CT molecular complexity index is 1190. The molecule has 0 radical (unpaired) electrons. The van der Waals surface area contributed by atoms with Gasteiger partial charge in [-0.1, -0.05) is 41.9 Å². The summed E-state index contributed by atoms with van der Waals surface area (Å²) in [5.74, 6) is -0.682. The number of carbonyl (C=O) groups is 1. The molecule has 0 atom stereocenters. The third-order valence-corrected chi connectivity index (χ3v) is 4.38. The standard InChI is InChI=1S/C19H15ClN4O5/c20-15-7-6-14(10-16(15)24(28)29)21-17(25)12-23-18(26)8-9-22(19(23)27)11-13-4-2-1-3-5-13/h1-10H,11-12H2,(H,21,25). The Labute approximate surface area is 168 Å². The van der Waals surface area contributed by atoms with Crippen LogP contribution >= 0.6 is 11.6 Å². The summed E-state index contributed by atoms with van der Waals surface area (Å²) in [7, 11) is 0. The van der Waals surface area contributed by atoms with Crippen molar-refractivity contribution in [3.05, 3.63) is 102 Å². The largest absolute Gasteiger partial charge is 0.331 e. The van der Waals surface area contributed by atoms with E-state index in [1.165, 1.54) is 29.0 Å². The number of rotatable bonds is 6. The second-order valence-electron chi connectivity index (χ2n) is 6.11. The van der Waals surface area contributed by atoms with Crippen LogP contribution in [0.25, 0.3) is 0 Å². The van der Waals surface area contributed by atoms with E-state index < -0.39 is 28.6 Å². The van der Waals surface area contributed by atoms with Crippen molar-refractivity contribution in [1.82, 2.24) is 9.13 Å². The molecule has 0 aliphatic carbocycles. The van der Waals surface area contributed by atoms with Crippen molar-refractivity contribution in [2.24, 2.45) is 0 Å². The van der Waals surface area contributed by atoms with Crippen LogP contribution in [0.1, 0.15) is 5.56 Å². The fourth-order valence-electron chi connectivity index (χ4n) is 2.68. The number of nitro groups is 1. The summed E-state index contributed by atoms with van der Waals surface area (Å²) in [5, 5.41) is 13.3. The summed E-state index contributed by atoms with van der Waals surface area (Å²) in [4.78, 5) is 47.3. The Kier molecular flexibility index (Phi) is 5.89. The molecular formula is C19H15ClN4O5. The number of nitro benzene ring substituents is 1. The molecule has 1 N–H and O–H groups in total. The highest BCUT2D eigenvalue weighted by molar-refractivity contribution is 6.32. The minimum absolute atomic E-state index is 0.0731. The number of nitrogens with zero attached hydrogens (tertiary/aromatic N) is 3. The minimum Gasteiger partial charge on any atom is -0.324 e. The first kappa shape index (κ1) is 20.0. The zero-order chi connectivity index (χ0) is 21.0. The van der Waals surface area contributed by atoms with E-state index >= 15 is 0 Å². The quantitative estimate of drug-likeness (QED) is 0.490. The number of anilines is 1. The Balaban J connectivity index is 1.81. The van der Waals surface area contributed by atoms with Gasteiger partial charge in [-0.25, -0.2) is 4.79 Å². The van der Waals surface area contributed by atoms with E-state index in [2.05, 4.69) is 5.32 Å². The molecule has 1 amide bonds. The van der Waals surface area contributed by atoms with Gasteiger partial charge >= 0.3 is 5.69 Å². The van der Waals surface area contributed by atoms with Gasteiger partial charge in [0.15, 0.2) is 0 Å². The number of aromatic nitrogens is 2. The molecule has 0 aliphatic heterocycles. The summed E-state index contributed by atoms with van der Waals surface area (Å²) in [6, 6.07) is 14.1. The molecule has 0 fully saturated rings. The highest BCUT2D eigenvalue weighted by Gasteiger charge is 2.15. The Morgan fingerprint density at radius 2 is 1.83 bits per heavy atom. The fraction of sp³-hybridized carbons (Fsp3) is 0.105. The molecule has 0 bridgehead atoms. The smallest absolute Gasteiger partial charge is 0.324 e. The van der Waals surface area contributed by atoms with Crippen molar-refractivity contribution in [3.63, 3.8) is 0 Å². The summed E-state index contributed by atoms with van der Waals surface area (Å²) in [6.45, 7) is -0.297. The maximum Gasteiger partial charge on any atom is 0.331 e. The van der Waals surface area contributed by atoms with Gasteiger partial charge in [0.2, 0.25) is 5.91 Å². The normalized spacial score (nSPS) is 10.5. The first-order valence-corrected chi connectivity index (χ1v) is 8.81. The Morgan fingerprint density at radius 3 is 2.52 bits per heavy atom. The molecule has 3 rings (SSSR count). The molecule has 0 unspecified atom stereocenters. The number of benzene rings is 2. The first-order valence-electron chi connectivity index (χ1n) is 8.43. The lowest BCUT2D eigenvalue weighted by molar-refractivity contribution is -0.384. The van der Waals surface area contributed by atoms with Crippen molar-refractivity contribution in [2.75, 3.05) is 5.32 Å². The molecule has 148 valence electrons. The van der Waals surface area contributed by atoms with Gasteiger partial charge in [0.1, 0.15) is 11.6 Å². The van der Waals surface area contributed by atoms with Gasteiger partial charge in [0.25, 0.3) is 11.2 Å². The molecule has 0 saturated carbocycles. The number of halogens is 1. The van der Waals surface area contributed by atoms with Crippen LogP contribution in [0.5, 0.6) is 0 Å². The Hall–Kier alpha value is -3.72. The lowest BCUT2D eigenvalue weighted by Crippen LogP contribution is -2.41. The van der Waals surface area contributed by atoms with E-state index in [0.29, 0.717) is 0 Å². The Morgan fingerprint density at radius 1 is 1.10 bits per heavy atom. The average molecular weight is 415 g/mol. The van der Waals surface area contributed by atoms with Crippen LogP contribution in [0.15, 0.2) is 70.4 Å². The fourth-order valence-corrected chi connectivity index (χ4v) is 2.86. The molecule has 0 aliphatic rings. The third kappa shape index (κ3) is 4.77. The number of amides is 1. The topological polar surface area (TPSA) is 116 Å². The molecule has 9 nitrogen and oxygen atoms in total. The lowest BCUT2D eigenvalue weighted by atomic mass is 10.2. The maximum absolute atomic E-state index is 12.6. The zero-order valence-corrected chi connectivity index (χ0v) is 15.7. The van der Waals surface area contributed by atoms with Crippen LogP contribution in [-0.2, 0) is 17.9 Å². The van der Waals surface area contributed by atoms with Gasteiger partial charge in [0, 0.05) is 24.0 Å². The average Bonchev–Trinajstić information content (AvgIpc) is 2.69. The van der Waals surface area contributed by atoms with Crippen molar-refractivity contribution >= 4 is 28.9 Å². The second kappa shape index (κ2) is 8.53. The molecule has 29 heavy (non-hydrogen) atoms. The predicted octanol–water partition coefficient (Wildman–Crippen LogP) is 2.26. The summed E-state index contributed by atoms with van der Waals surface area (Å²) < 4.78 is 2.11. The van der Waals surface area contributed by atoms with E-state index in [1.807, 2.05) is 30.3 Å². The van der Waals surface area contributed by atoms with Gasteiger partial charge in [-0.15, -0.1) is 0 Å². The molecule has 0 spiro atoms. The molecule has 0 saturated heterocycles. The van der Waals surface area contributed by atoms with E-state index in [0.717, 1.165) is 16.2 Å². The van der Waals surface area contributed by atoms with Crippen molar-refractivity contribution < 1.29 is 9.72 Å². The number of hydrogen-bond donors (Lipinski definition) is 1. The highest BCUT2D eigenvalue weighted by atomic mass is 35.5. The molecule has 2 aromatic carbocycles. The zero-order valence-electron chi connectivity index (χ0n) is 14.9. The maximum atomic E-state index is 12.6. The second-order valence-corrected chi connectivity index (χ2v) is 6.51. The van der Waals surface area contributed by atoms with E-state index in [4.69, 9.17) is 11.6 Å². The van der Waals surface area contributed by atoms with Gasteiger partial charge in [0.05, 0.1) is 11.5 Å². The van der Waals surface area contributed by atoms with Crippen LogP contribution < -0.4 is 16.6 Å². The first-order chi connectivity index (χ1) is 13.8. The van der Waals surface area contributed by atoms with E-state index in [9.17, 15) is 24.5 Å². The monoisotopic (exact) mass is 414 g/mol. The summed E-state index contributed by atoms with van der Waals surface area (Å²) in [6.07, 6.45) is 1.37. The van der Waals surface area contributed by atoms with Crippen LogP contribution in [0.4, 0.5) is 11.4 Å². The molecule has 1 aromatic heterocycles. The van der Waals surface area contributed by atoms with E-state index in [-0.39, 0.29) is 22.9 Å². The number of hydrogen-bond acceptors (Lipinski definition) is 5. The minimum atomic E-state index is -0.682. The summed E-state index contributed by atoms with van der Waals surface area (Å²) >= 11 is 5.74. The van der Waals surface area contributed by atoms with Gasteiger partial charge < -0.3 is 5.32 Å². The summed E-state index contributed by atoms with van der Waals surface area (Å²) in [5.41, 5.74) is -0.654. The molecule has 1 heterocycles. The van der Waals surface area contributed by atoms with Crippen LogP contribution in [-0.4, -0.2) is 20.0 Å². The lowest BCUT2D eigenvalue weighted by Gasteiger charge is -2.10. The molecule has 10 heteroatoms. The number of nitrogens with one attached hydrogen (secondary N) is 1. The molecule has 3 aromatic rings. The van der Waals surface area contributed by atoms with E-state index in [1.54, 1.807) is 0 Å².